The fourth-order valence-corrected chi connectivity index (χ4v) is 2.48. The monoisotopic (exact) mass is 273 g/mol. The van der Waals surface area contributed by atoms with E-state index in [2.05, 4.69) is 21.8 Å². The van der Waals surface area contributed by atoms with Gasteiger partial charge in [0, 0.05) is 24.8 Å². The molecule has 0 aliphatic heterocycles. The van der Waals surface area contributed by atoms with Crippen molar-refractivity contribution in [3.63, 3.8) is 0 Å². The lowest BCUT2D eigenvalue weighted by Crippen LogP contribution is -2.28. The molecule has 1 atom stereocenters. The highest BCUT2D eigenvalue weighted by atomic mass is 19.1. The molecule has 1 unspecified atom stereocenters. The standard InChI is InChI=1S/C16H20FN3/c1-12(8-13-2-4-14(17)5-3-13)19-10-16-9-18-11-20(16)15-6-7-15/h2-5,9,11-12,15,19H,6-8,10H2,1H3. The van der Waals surface area contributed by atoms with E-state index in [1.54, 1.807) is 0 Å². The number of benzene rings is 1. The summed E-state index contributed by atoms with van der Waals surface area (Å²) in [6, 6.07) is 7.75. The van der Waals surface area contributed by atoms with Crippen molar-refractivity contribution in [1.82, 2.24) is 14.9 Å². The summed E-state index contributed by atoms with van der Waals surface area (Å²) in [6.45, 7) is 2.99. The van der Waals surface area contributed by atoms with Crippen molar-refractivity contribution < 1.29 is 4.39 Å². The number of hydrogen-bond donors (Lipinski definition) is 1. The van der Waals surface area contributed by atoms with E-state index in [0.29, 0.717) is 12.1 Å². The molecule has 1 aromatic carbocycles. The first kappa shape index (κ1) is 13.3. The van der Waals surface area contributed by atoms with Crippen molar-refractivity contribution in [2.45, 2.75) is 44.8 Å². The highest BCUT2D eigenvalue weighted by molar-refractivity contribution is 5.17. The van der Waals surface area contributed by atoms with Gasteiger partial charge in [0.25, 0.3) is 0 Å². The molecule has 1 heterocycles. The van der Waals surface area contributed by atoms with Gasteiger partial charge >= 0.3 is 0 Å². The Morgan fingerprint density at radius 2 is 2.10 bits per heavy atom. The van der Waals surface area contributed by atoms with Crippen molar-refractivity contribution >= 4 is 0 Å². The second kappa shape index (κ2) is 5.75. The predicted molar refractivity (Wildman–Crippen MR) is 76.9 cm³/mol. The SMILES string of the molecule is CC(Cc1ccc(F)cc1)NCc1cncn1C1CC1. The Balaban J connectivity index is 1.52. The van der Waals surface area contributed by atoms with Gasteiger partial charge in [-0.25, -0.2) is 9.37 Å². The summed E-state index contributed by atoms with van der Waals surface area (Å²) >= 11 is 0. The van der Waals surface area contributed by atoms with E-state index in [4.69, 9.17) is 0 Å². The Hall–Kier alpha value is -1.68. The molecule has 1 aliphatic carbocycles. The number of hydrogen-bond acceptors (Lipinski definition) is 2. The third-order valence-corrected chi connectivity index (χ3v) is 3.77. The Morgan fingerprint density at radius 3 is 2.80 bits per heavy atom. The maximum atomic E-state index is 12.9. The second-order valence-corrected chi connectivity index (χ2v) is 5.64. The van der Waals surface area contributed by atoms with Crippen LogP contribution in [0.5, 0.6) is 0 Å². The Bertz CT molecular complexity index is 557. The van der Waals surface area contributed by atoms with Crippen LogP contribution in [-0.2, 0) is 13.0 Å². The lowest BCUT2D eigenvalue weighted by Gasteiger charge is -2.15. The summed E-state index contributed by atoms with van der Waals surface area (Å²) in [7, 11) is 0. The maximum Gasteiger partial charge on any atom is 0.123 e. The number of nitrogens with zero attached hydrogens (tertiary/aromatic N) is 2. The lowest BCUT2D eigenvalue weighted by molar-refractivity contribution is 0.524. The van der Waals surface area contributed by atoms with Gasteiger partial charge in [0.2, 0.25) is 0 Å². The van der Waals surface area contributed by atoms with Crippen LogP contribution in [0.1, 0.15) is 37.1 Å². The van der Waals surface area contributed by atoms with Crippen molar-refractivity contribution in [2.24, 2.45) is 0 Å². The van der Waals surface area contributed by atoms with Gasteiger partial charge in [-0.2, -0.15) is 0 Å². The topological polar surface area (TPSA) is 29.9 Å². The van der Waals surface area contributed by atoms with Crippen molar-refractivity contribution in [1.29, 1.82) is 0 Å². The van der Waals surface area contributed by atoms with E-state index in [1.807, 2.05) is 24.7 Å². The van der Waals surface area contributed by atoms with Crippen molar-refractivity contribution in [3.8, 4) is 0 Å². The molecule has 20 heavy (non-hydrogen) atoms. The van der Waals surface area contributed by atoms with Gasteiger partial charge < -0.3 is 9.88 Å². The average molecular weight is 273 g/mol. The number of halogens is 1. The molecule has 1 aliphatic rings. The number of aromatic nitrogens is 2. The molecule has 0 amide bonds. The molecule has 1 fully saturated rings. The van der Waals surface area contributed by atoms with Gasteiger partial charge in [0.15, 0.2) is 0 Å². The van der Waals surface area contributed by atoms with Crippen molar-refractivity contribution in [3.05, 3.63) is 53.9 Å². The maximum absolute atomic E-state index is 12.9. The number of imidazole rings is 1. The summed E-state index contributed by atoms with van der Waals surface area (Å²) in [5.74, 6) is -0.178. The molecule has 0 saturated heterocycles. The van der Waals surface area contributed by atoms with E-state index in [0.717, 1.165) is 18.5 Å². The molecule has 0 spiro atoms. The summed E-state index contributed by atoms with van der Waals surface area (Å²) < 4.78 is 15.1. The summed E-state index contributed by atoms with van der Waals surface area (Å²) in [4.78, 5) is 4.24. The molecular weight excluding hydrogens is 253 g/mol. The predicted octanol–water partition coefficient (Wildman–Crippen LogP) is 3.08. The van der Waals surface area contributed by atoms with E-state index in [1.165, 1.54) is 30.7 Å². The molecule has 106 valence electrons. The van der Waals surface area contributed by atoms with Crippen LogP contribution in [0.2, 0.25) is 0 Å². The Labute approximate surface area is 118 Å². The van der Waals surface area contributed by atoms with Gasteiger partial charge in [-0.05, 0) is 43.9 Å². The van der Waals surface area contributed by atoms with Crippen LogP contribution < -0.4 is 5.32 Å². The first-order valence-electron chi connectivity index (χ1n) is 7.21. The summed E-state index contributed by atoms with van der Waals surface area (Å²) in [5.41, 5.74) is 2.40. The van der Waals surface area contributed by atoms with Crippen LogP contribution in [0.25, 0.3) is 0 Å². The molecule has 3 nitrogen and oxygen atoms in total. The van der Waals surface area contributed by atoms with Gasteiger partial charge in [-0.3, -0.25) is 0 Å². The Kier molecular flexibility index (Phi) is 3.83. The fourth-order valence-electron chi connectivity index (χ4n) is 2.48. The number of nitrogens with one attached hydrogen (secondary N) is 1. The van der Waals surface area contributed by atoms with Gasteiger partial charge in [0.05, 0.1) is 12.0 Å². The minimum absolute atomic E-state index is 0.178. The van der Waals surface area contributed by atoms with Crippen LogP contribution in [0, 0.1) is 5.82 Å². The molecule has 0 bridgehead atoms. The van der Waals surface area contributed by atoms with E-state index in [9.17, 15) is 4.39 Å². The third-order valence-electron chi connectivity index (χ3n) is 3.77. The van der Waals surface area contributed by atoms with Gasteiger partial charge in [-0.1, -0.05) is 12.1 Å². The first-order valence-corrected chi connectivity index (χ1v) is 7.21. The quantitative estimate of drug-likeness (QED) is 0.876. The zero-order valence-electron chi connectivity index (χ0n) is 11.7. The molecule has 1 saturated carbocycles. The summed E-state index contributed by atoms with van der Waals surface area (Å²) in [5, 5.41) is 3.52. The molecule has 3 rings (SSSR count). The smallest absolute Gasteiger partial charge is 0.123 e. The fraction of sp³-hybridized carbons (Fsp3) is 0.438. The van der Waals surface area contributed by atoms with E-state index in [-0.39, 0.29) is 5.82 Å². The first-order chi connectivity index (χ1) is 9.72. The third kappa shape index (κ3) is 3.25. The van der Waals surface area contributed by atoms with Crippen molar-refractivity contribution in [2.75, 3.05) is 0 Å². The highest BCUT2D eigenvalue weighted by Gasteiger charge is 2.25. The molecule has 2 aromatic rings. The normalized spacial score (nSPS) is 16.3. The van der Waals surface area contributed by atoms with Crippen LogP contribution >= 0.6 is 0 Å². The second-order valence-electron chi connectivity index (χ2n) is 5.64. The zero-order valence-corrected chi connectivity index (χ0v) is 11.7. The molecule has 4 heteroatoms. The molecule has 1 N–H and O–H groups in total. The lowest BCUT2D eigenvalue weighted by atomic mass is 10.1. The van der Waals surface area contributed by atoms with E-state index >= 15 is 0 Å². The van der Waals surface area contributed by atoms with E-state index < -0.39 is 0 Å². The van der Waals surface area contributed by atoms with Crippen LogP contribution in [0.15, 0.2) is 36.8 Å². The minimum atomic E-state index is -0.178. The largest absolute Gasteiger partial charge is 0.330 e. The Morgan fingerprint density at radius 1 is 1.35 bits per heavy atom. The van der Waals surface area contributed by atoms with Crippen LogP contribution in [-0.4, -0.2) is 15.6 Å². The number of rotatable bonds is 6. The highest BCUT2D eigenvalue weighted by Crippen LogP contribution is 2.35. The summed E-state index contributed by atoms with van der Waals surface area (Å²) in [6.07, 6.45) is 7.32. The minimum Gasteiger partial charge on any atom is -0.330 e. The van der Waals surface area contributed by atoms with Crippen LogP contribution in [0.3, 0.4) is 0 Å². The average Bonchev–Trinajstić information content (AvgIpc) is 3.18. The van der Waals surface area contributed by atoms with Gasteiger partial charge in [-0.15, -0.1) is 0 Å². The molecular formula is C16H20FN3. The molecule has 0 radical (unpaired) electrons. The molecule has 1 aromatic heterocycles. The van der Waals surface area contributed by atoms with Gasteiger partial charge in [0.1, 0.15) is 5.82 Å². The van der Waals surface area contributed by atoms with Crippen LogP contribution in [0.4, 0.5) is 4.39 Å². The zero-order chi connectivity index (χ0) is 13.9.